The average Bonchev–Trinajstić information content (AvgIpc) is 3.00. The topological polar surface area (TPSA) is 59.1 Å². The number of hydrogen-bond acceptors (Lipinski definition) is 4. The van der Waals surface area contributed by atoms with E-state index < -0.39 is 5.82 Å². The van der Waals surface area contributed by atoms with Crippen LogP contribution >= 0.6 is 0 Å². The molecule has 2 aromatic rings. The Morgan fingerprint density at radius 3 is 2.41 bits per heavy atom. The number of methoxy groups -OCH3 is 2. The molecule has 6 nitrogen and oxygen atoms in total. The predicted octanol–water partition coefficient (Wildman–Crippen LogP) is 2.76. The number of nitrogens with zero attached hydrogens (tertiary/aromatic N) is 2. The van der Waals surface area contributed by atoms with Crippen molar-refractivity contribution in [3.05, 3.63) is 59.4 Å². The van der Waals surface area contributed by atoms with E-state index >= 15 is 0 Å². The second-order valence-electron chi connectivity index (χ2n) is 6.86. The SMILES string of the molecule is COc1ccc(OC)c(CC(=O)N2CCCN(C(=O)c3ccccc3F)CC2)c1. The van der Waals surface area contributed by atoms with Crippen LogP contribution in [-0.4, -0.2) is 62.0 Å². The molecule has 0 saturated carbocycles. The minimum Gasteiger partial charge on any atom is -0.497 e. The number of carbonyl (C=O) groups excluding carboxylic acids is 2. The lowest BCUT2D eigenvalue weighted by Crippen LogP contribution is -2.38. The van der Waals surface area contributed by atoms with Crippen LogP contribution in [0.5, 0.6) is 11.5 Å². The number of ether oxygens (including phenoxy) is 2. The lowest BCUT2D eigenvalue weighted by Gasteiger charge is -2.23. The molecule has 0 atom stereocenters. The summed E-state index contributed by atoms with van der Waals surface area (Å²) in [6.45, 7) is 1.81. The molecule has 1 fully saturated rings. The fourth-order valence-corrected chi connectivity index (χ4v) is 3.47. The number of halogens is 1. The molecule has 0 radical (unpaired) electrons. The van der Waals surface area contributed by atoms with Crippen molar-refractivity contribution in [1.29, 1.82) is 0 Å². The largest absolute Gasteiger partial charge is 0.497 e. The van der Waals surface area contributed by atoms with Gasteiger partial charge >= 0.3 is 0 Å². The maximum absolute atomic E-state index is 13.9. The molecular formula is C22H25FN2O4. The zero-order chi connectivity index (χ0) is 20.8. The van der Waals surface area contributed by atoms with Crippen molar-refractivity contribution in [2.75, 3.05) is 40.4 Å². The first-order valence-electron chi connectivity index (χ1n) is 9.56. The van der Waals surface area contributed by atoms with Crippen LogP contribution in [-0.2, 0) is 11.2 Å². The maximum Gasteiger partial charge on any atom is 0.256 e. The Morgan fingerprint density at radius 1 is 0.966 bits per heavy atom. The average molecular weight is 400 g/mol. The summed E-state index contributed by atoms with van der Waals surface area (Å²) in [5, 5.41) is 0. The second kappa shape index (κ2) is 9.41. The summed E-state index contributed by atoms with van der Waals surface area (Å²) in [6, 6.07) is 11.3. The minimum atomic E-state index is -0.528. The van der Waals surface area contributed by atoms with Gasteiger partial charge in [0.2, 0.25) is 5.91 Å². The summed E-state index contributed by atoms with van der Waals surface area (Å²) in [5.41, 5.74) is 0.814. The molecule has 3 rings (SSSR count). The van der Waals surface area contributed by atoms with E-state index in [9.17, 15) is 14.0 Å². The van der Waals surface area contributed by atoms with Gasteiger partial charge in [-0.3, -0.25) is 9.59 Å². The van der Waals surface area contributed by atoms with Crippen LogP contribution in [0.25, 0.3) is 0 Å². The van der Waals surface area contributed by atoms with Crippen LogP contribution < -0.4 is 9.47 Å². The van der Waals surface area contributed by atoms with E-state index in [2.05, 4.69) is 0 Å². The van der Waals surface area contributed by atoms with Crippen molar-refractivity contribution >= 4 is 11.8 Å². The van der Waals surface area contributed by atoms with Crippen molar-refractivity contribution in [2.45, 2.75) is 12.8 Å². The highest BCUT2D eigenvalue weighted by Crippen LogP contribution is 2.25. The Hall–Kier alpha value is -3.09. The summed E-state index contributed by atoms with van der Waals surface area (Å²) in [7, 11) is 3.14. The Labute approximate surface area is 169 Å². The molecule has 0 spiro atoms. The molecule has 0 aliphatic carbocycles. The summed E-state index contributed by atoms with van der Waals surface area (Å²) >= 11 is 0. The van der Waals surface area contributed by atoms with Gasteiger partial charge in [0.25, 0.3) is 5.91 Å². The van der Waals surface area contributed by atoms with Gasteiger partial charge in [0.1, 0.15) is 17.3 Å². The lowest BCUT2D eigenvalue weighted by atomic mass is 10.1. The molecular weight excluding hydrogens is 375 g/mol. The third kappa shape index (κ3) is 4.85. The lowest BCUT2D eigenvalue weighted by molar-refractivity contribution is -0.130. The first-order valence-corrected chi connectivity index (χ1v) is 9.56. The van der Waals surface area contributed by atoms with Crippen LogP contribution in [0.1, 0.15) is 22.3 Å². The molecule has 2 amide bonds. The van der Waals surface area contributed by atoms with Crippen LogP contribution in [0.2, 0.25) is 0 Å². The van der Waals surface area contributed by atoms with Crippen molar-refractivity contribution < 1.29 is 23.5 Å². The Bertz CT molecular complexity index is 887. The molecule has 1 saturated heterocycles. The molecule has 0 unspecified atom stereocenters. The van der Waals surface area contributed by atoms with E-state index in [1.54, 1.807) is 54.4 Å². The van der Waals surface area contributed by atoms with Crippen molar-refractivity contribution in [2.24, 2.45) is 0 Å². The van der Waals surface area contributed by atoms with Crippen molar-refractivity contribution in [3.8, 4) is 11.5 Å². The fourth-order valence-electron chi connectivity index (χ4n) is 3.47. The minimum absolute atomic E-state index is 0.0447. The molecule has 154 valence electrons. The molecule has 0 bridgehead atoms. The number of carbonyl (C=O) groups is 2. The van der Waals surface area contributed by atoms with Crippen LogP contribution in [0.15, 0.2) is 42.5 Å². The molecule has 0 aromatic heterocycles. The van der Waals surface area contributed by atoms with Gasteiger partial charge in [0.15, 0.2) is 0 Å². The molecule has 0 N–H and O–H groups in total. The van der Waals surface area contributed by atoms with E-state index in [0.717, 1.165) is 5.56 Å². The van der Waals surface area contributed by atoms with E-state index in [1.165, 1.54) is 12.1 Å². The van der Waals surface area contributed by atoms with Gasteiger partial charge in [-0.15, -0.1) is 0 Å². The van der Waals surface area contributed by atoms with Crippen LogP contribution in [0.4, 0.5) is 4.39 Å². The molecule has 1 aliphatic heterocycles. The highest BCUT2D eigenvalue weighted by molar-refractivity contribution is 5.94. The number of rotatable bonds is 5. The van der Waals surface area contributed by atoms with Gasteiger partial charge in [0, 0.05) is 31.7 Å². The fraction of sp³-hybridized carbons (Fsp3) is 0.364. The molecule has 2 aromatic carbocycles. The van der Waals surface area contributed by atoms with Gasteiger partial charge in [-0.2, -0.15) is 0 Å². The third-order valence-corrected chi connectivity index (χ3v) is 5.07. The quantitative estimate of drug-likeness (QED) is 0.775. The predicted molar refractivity (Wildman–Crippen MR) is 107 cm³/mol. The van der Waals surface area contributed by atoms with E-state index in [1.807, 2.05) is 0 Å². The van der Waals surface area contributed by atoms with Gasteiger partial charge < -0.3 is 19.3 Å². The van der Waals surface area contributed by atoms with Gasteiger partial charge in [-0.1, -0.05) is 12.1 Å². The summed E-state index contributed by atoms with van der Waals surface area (Å²) in [6.07, 6.45) is 0.822. The summed E-state index contributed by atoms with van der Waals surface area (Å²) < 4.78 is 24.5. The number of amides is 2. The van der Waals surface area contributed by atoms with Crippen molar-refractivity contribution in [3.63, 3.8) is 0 Å². The molecule has 29 heavy (non-hydrogen) atoms. The number of hydrogen-bond donors (Lipinski definition) is 0. The zero-order valence-corrected chi connectivity index (χ0v) is 16.7. The summed E-state index contributed by atoms with van der Waals surface area (Å²) in [5.74, 6) is 0.375. The van der Waals surface area contributed by atoms with Gasteiger partial charge in [-0.25, -0.2) is 4.39 Å². The standard InChI is InChI=1S/C22H25FN2O4/c1-28-17-8-9-20(29-2)16(14-17)15-21(26)24-10-5-11-25(13-12-24)22(27)18-6-3-4-7-19(18)23/h3-4,6-9,14H,5,10-13,15H2,1-2H3. The van der Waals surface area contributed by atoms with Gasteiger partial charge in [-0.05, 0) is 36.8 Å². The highest BCUT2D eigenvalue weighted by atomic mass is 19.1. The zero-order valence-electron chi connectivity index (χ0n) is 16.7. The van der Waals surface area contributed by atoms with E-state index in [4.69, 9.17) is 9.47 Å². The van der Waals surface area contributed by atoms with E-state index in [-0.39, 0.29) is 23.8 Å². The first-order chi connectivity index (χ1) is 14.0. The third-order valence-electron chi connectivity index (χ3n) is 5.07. The van der Waals surface area contributed by atoms with Gasteiger partial charge in [0.05, 0.1) is 26.2 Å². The van der Waals surface area contributed by atoms with E-state index in [0.29, 0.717) is 44.1 Å². The Balaban J connectivity index is 1.66. The number of benzene rings is 2. The normalized spacial score (nSPS) is 14.3. The monoisotopic (exact) mass is 400 g/mol. The van der Waals surface area contributed by atoms with Crippen LogP contribution in [0.3, 0.4) is 0 Å². The Morgan fingerprint density at radius 2 is 1.69 bits per heavy atom. The smallest absolute Gasteiger partial charge is 0.256 e. The highest BCUT2D eigenvalue weighted by Gasteiger charge is 2.25. The van der Waals surface area contributed by atoms with Crippen LogP contribution in [0, 0.1) is 5.82 Å². The van der Waals surface area contributed by atoms with Crippen molar-refractivity contribution in [1.82, 2.24) is 9.80 Å². The first kappa shape index (κ1) is 20.6. The molecule has 1 aliphatic rings. The molecule has 7 heteroatoms. The molecule has 1 heterocycles. The second-order valence-corrected chi connectivity index (χ2v) is 6.86. The Kier molecular flexibility index (Phi) is 6.69. The maximum atomic E-state index is 13.9. The summed E-state index contributed by atoms with van der Waals surface area (Å²) in [4.78, 5) is 28.9.